The van der Waals surface area contributed by atoms with Gasteiger partial charge in [0.15, 0.2) is 0 Å². The van der Waals surface area contributed by atoms with E-state index in [1.807, 2.05) is 6.92 Å². The molecule has 146 valence electrons. The summed E-state index contributed by atoms with van der Waals surface area (Å²) in [5.41, 5.74) is -0.871. The van der Waals surface area contributed by atoms with E-state index in [1.165, 1.54) is 23.1 Å². The number of hydrogen-bond donors (Lipinski definition) is 1. The van der Waals surface area contributed by atoms with Gasteiger partial charge >= 0.3 is 6.18 Å². The Morgan fingerprint density at radius 2 is 1.89 bits per heavy atom. The van der Waals surface area contributed by atoms with Gasteiger partial charge in [-0.05, 0) is 48.0 Å². The Bertz CT molecular complexity index is 833. The lowest BCUT2D eigenvalue weighted by Gasteiger charge is -2.21. The van der Waals surface area contributed by atoms with Crippen LogP contribution >= 0.6 is 15.9 Å². The second-order valence-corrected chi connectivity index (χ2v) is 6.66. The molecule has 0 aliphatic heterocycles. The van der Waals surface area contributed by atoms with Crippen molar-refractivity contribution in [3.05, 3.63) is 52.3 Å². The molecule has 5 nitrogen and oxygen atoms in total. The van der Waals surface area contributed by atoms with Gasteiger partial charge in [-0.2, -0.15) is 13.2 Å². The van der Waals surface area contributed by atoms with Crippen molar-refractivity contribution in [1.29, 1.82) is 0 Å². The molecule has 9 heteroatoms. The lowest BCUT2D eigenvalue weighted by atomic mass is 10.1. The minimum absolute atomic E-state index is 0.236. The number of alkyl halides is 3. The maximum absolute atomic E-state index is 13.0. The van der Waals surface area contributed by atoms with Gasteiger partial charge in [-0.25, -0.2) is 0 Å². The van der Waals surface area contributed by atoms with E-state index < -0.39 is 17.6 Å². The van der Waals surface area contributed by atoms with Crippen molar-refractivity contribution in [3.8, 4) is 0 Å². The van der Waals surface area contributed by atoms with Crippen molar-refractivity contribution < 1.29 is 22.8 Å². The Hall–Kier alpha value is -2.29. The van der Waals surface area contributed by atoms with E-state index in [1.54, 1.807) is 23.8 Å². The number of aromatic nitrogens is 1. The van der Waals surface area contributed by atoms with Gasteiger partial charge in [-0.3, -0.25) is 9.59 Å². The van der Waals surface area contributed by atoms with Gasteiger partial charge in [0.1, 0.15) is 12.2 Å². The van der Waals surface area contributed by atoms with Gasteiger partial charge in [0, 0.05) is 23.8 Å². The average Bonchev–Trinajstić information content (AvgIpc) is 2.99. The fourth-order valence-corrected chi connectivity index (χ4v) is 3.07. The highest BCUT2D eigenvalue weighted by Crippen LogP contribution is 2.34. The van der Waals surface area contributed by atoms with Crippen LogP contribution < -0.4 is 5.32 Å². The molecular formula is C18H19BrF3N3O2. The van der Waals surface area contributed by atoms with Crippen LogP contribution in [0.5, 0.6) is 0 Å². The van der Waals surface area contributed by atoms with Crippen LogP contribution in [0.15, 0.2) is 41.0 Å². The molecule has 27 heavy (non-hydrogen) atoms. The number of aryl methyl sites for hydroxylation is 1. The van der Waals surface area contributed by atoms with Gasteiger partial charge in [-0.1, -0.05) is 12.1 Å². The summed E-state index contributed by atoms with van der Waals surface area (Å²) < 4.78 is 41.6. The fourth-order valence-electron chi connectivity index (χ4n) is 2.61. The van der Waals surface area contributed by atoms with E-state index in [0.717, 1.165) is 10.5 Å². The Morgan fingerprint density at radius 1 is 1.22 bits per heavy atom. The first-order chi connectivity index (χ1) is 12.7. The van der Waals surface area contributed by atoms with Gasteiger partial charge in [0.25, 0.3) is 5.91 Å². The summed E-state index contributed by atoms with van der Waals surface area (Å²) in [5, 5.41) is 2.25. The summed E-state index contributed by atoms with van der Waals surface area (Å²) in [4.78, 5) is 26.3. The molecule has 0 aliphatic rings. The largest absolute Gasteiger partial charge is 0.418 e. The predicted octanol–water partition coefficient (Wildman–Crippen LogP) is 4.39. The molecule has 1 aromatic carbocycles. The third-order valence-electron chi connectivity index (χ3n) is 3.93. The van der Waals surface area contributed by atoms with Crippen molar-refractivity contribution >= 4 is 33.4 Å². The predicted molar refractivity (Wildman–Crippen MR) is 99.5 cm³/mol. The van der Waals surface area contributed by atoms with Crippen LogP contribution in [0, 0.1) is 0 Å². The Morgan fingerprint density at radius 3 is 2.48 bits per heavy atom. The van der Waals surface area contributed by atoms with Crippen LogP contribution in [0.2, 0.25) is 0 Å². The summed E-state index contributed by atoms with van der Waals surface area (Å²) in [7, 11) is 0. The number of anilines is 1. The van der Waals surface area contributed by atoms with Crippen LogP contribution in [-0.2, 0) is 17.5 Å². The van der Waals surface area contributed by atoms with Crippen molar-refractivity contribution in [2.24, 2.45) is 0 Å². The minimum atomic E-state index is -4.58. The SMILES string of the molecule is CCN(CC(=O)Nc1ccccc1C(F)(F)F)C(=O)c1cc(Br)cn1CC. The molecule has 0 aliphatic carbocycles. The molecule has 0 atom stereocenters. The minimum Gasteiger partial charge on any atom is -0.343 e. The Kier molecular flexibility index (Phi) is 6.69. The molecule has 0 radical (unpaired) electrons. The molecule has 0 unspecified atom stereocenters. The second-order valence-electron chi connectivity index (χ2n) is 5.74. The molecule has 0 fully saturated rings. The van der Waals surface area contributed by atoms with E-state index in [2.05, 4.69) is 21.2 Å². The number of nitrogens with one attached hydrogen (secondary N) is 1. The Balaban J connectivity index is 2.15. The number of amides is 2. The summed E-state index contributed by atoms with van der Waals surface area (Å²) in [6.07, 6.45) is -2.83. The van der Waals surface area contributed by atoms with Crippen molar-refractivity contribution in [3.63, 3.8) is 0 Å². The number of carbonyl (C=O) groups is 2. The second kappa shape index (κ2) is 8.60. The van der Waals surface area contributed by atoms with Crippen molar-refractivity contribution in [1.82, 2.24) is 9.47 Å². The van der Waals surface area contributed by atoms with Gasteiger partial charge in [-0.15, -0.1) is 0 Å². The lowest BCUT2D eigenvalue weighted by Crippen LogP contribution is -2.38. The maximum atomic E-state index is 13.0. The van der Waals surface area contributed by atoms with Gasteiger partial charge in [0.05, 0.1) is 11.3 Å². The zero-order valence-electron chi connectivity index (χ0n) is 14.8. The summed E-state index contributed by atoms with van der Waals surface area (Å²) in [6, 6.07) is 6.36. The third kappa shape index (κ3) is 5.12. The lowest BCUT2D eigenvalue weighted by molar-refractivity contribution is -0.137. The van der Waals surface area contributed by atoms with Crippen LogP contribution in [-0.4, -0.2) is 34.4 Å². The molecule has 0 spiro atoms. The fraction of sp³-hybridized carbons (Fsp3) is 0.333. The first-order valence-electron chi connectivity index (χ1n) is 8.28. The van der Waals surface area contributed by atoms with Crippen molar-refractivity contribution in [2.45, 2.75) is 26.6 Å². The topological polar surface area (TPSA) is 54.3 Å². The molecule has 2 amide bonds. The molecule has 0 bridgehead atoms. The van der Waals surface area contributed by atoms with E-state index >= 15 is 0 Å². The molecule has 2 rings (SSSR count). The van der Waals surface area contributed by atoms with Crippen LogP contribution in [0.1, 0.15) is 29.9 Å². The number of halogens is 4. The monoisotopic (exact) mass is 445 g/mol. The molecule has 1 N–H and O–H groups in total. The highest BCUT2D eigenvalue weighted by atomic mass is 79.9. The number of likely N-dealkylation sites (N-methyl/N-ethyl adjacent to an activating group) is 1. The van der Waals surface area contributed by atoms with Crippen LogP contribution in [0.25, 0.3) is 0 Å². The molecular weight excluding hydrogens is 427 g/mol. The van der Waals surface area contributed by atoms with Crippen LogP contribution in [0.3, 0.4) is 0 Å². The zero-order valence-corrected chi connectivity index (χ0v) is 16.4. The summed E-state index contributed by atoms with van der Waals surface area (Å²) in [6.45, 7) is 4.02. The first-order valence-corrected chi connectivity index (χ1v) is 9.07. The van der Waals surface area contributed by atoms with E-state index in [4.69, 9.17) is 0 Å². The number of hydrogen-bond acceptors (Lipinski definition) is 2. The highest BCUT2D eigenvalue weighted by molar-refractivity contribution is 9.10. The quantitative estimate of drug-likeness (QED) is 0.716. The number of rotatable bonds is 6. The normalized spacial score (nSPS) is 11.3. The molecule has 0 saturated carbocycles. The van der Waals surface area contributed by atoms with E-state index in [0.29, 0.717) is 12.2 Å². The van der Waals surface area contributed by atoms with E-state index in [-0.39, 0.29) is 24.7 Å². The average molecular weight is 446 g/mol. The zero-order chi connectivity index (χ0) is 20.2. The molecule has 1 aromatic heterocycles. The number of nitrogens with zero attached hydrogens (tertiary/aromatic N) is 2. The summed E-state index contributed by atoms with van der Waals surface area (Å²) in [5.74, 6) is -1.07. The number of carbonyl (C=O) groups excluding carboxylic acids is 2. The Labute approximate surface area is 163 Å². The maximum Gasteiger partial charge on any atom is 0.418 e. The van der Waals surface area contributed by atoms with Gasteiger partial charge in [0.2, 0.25) is 5.91 Å². The highest BCUT2D eigenvalue weighted by Gasteiger charge is 2.33. The standard InChI is InChI=1S/C18H19BrF3N3O2/c1-3-24-10-12(19)9-15(24)17(27)25(4-2)11-16(26)23-14-8-6-5-7-13(14)18(20,21)22/h5-10H,3-4,11H2,1-2H3,(H,23,26). The van der Waals surface area contributed by atoms with E-state index in [9.17, 15) is 22.8 Å². The molecule has 1 heterocycles. The summed E-state index contributed by atoms with van der Waals surface area (Å²) >= 11 is 3.31. The first kappa shape index (κ1) is 21.0. The molecule has 2 aromatic rings. The van der Waals surface area contributed by atoms with Crippen LogP contribution in [0.4, 0.5) is 18.9 Å². The molecule has 0 saturated heterocycles. The van der Waals surface area contributed by atoms with Gasteiger partial charge < -0.3 is 14.8 Å². The third-order valence-corrected chi connectivity index (χ3v) is 4.37. The van der Waals surface area contributed by atoms with Crippen molar-refractivity contribution in [2.75, 3.05) is 18.4 Å². The number of para-hydroxylation sites is 1. The smallest absolute Gasteiger partial charge is 0.343 e. The number of benzene rings is 1.